The minimum atomic E-state index is -0.312. The molecule has 168 valence electrons. The zero-order valence-corrected chi connectivity index (χ0v) is 18.3. The van der Waals surface area contributed by atoms with Crippen LogP contribution in [0.5, 0.6) is 5.75 Å². The van der Waals surface area contributed by atoms with Gasteiger partial charge < -0.3 is 14.6 Å². The molecule has 1 amide bonds. The van der Waals surface area contributed by atoms with Gasteiger partial charge in [0.1, 0.15) is 11.6 Å². The molecule has 1 aliphatic heterocycles. The van der Waals surface area contributed by atoms with Crippen LogP contribution in [0.3, 0.4) is 0 Å². The molecule has 1 saturated heterocycles. The predicted molar refractivity (Wildman–Crippen MR) is 122 cm³/mol. The number of ether oxygens (including phenoxy) is 1. The number of carbonyl (C=O) groups is 1. The number of rotatable bonds is 5. The highest BCUT2D eigenvalue weighted by Gasteiger charge is 2.28. The molecule has 4 aromatic rings. The van der Waals surface area contributed by atoms with E-state index in [1.807, 2.05) is 35.2 Å². The Morgan fingerprint density at radius 1 is 1.15 bits per heavy atom. The SMILES string of the molecule is COc1ccc(C(=O)N2CCCC(c3nc4c(nnn4Cc4ccccc4)c(=O)[nH]3)C2)cc1. The summed E-state index contributed by atoms with van der Waals surface area (Å²) in [5, 5.41) is 8.17. The van der Waals surface area contributed by atoms with Gasteiger partial charge in [-0.2, -0.15) is 0 Å². The normalized spacial score (nSPS) is 16.2. The fourth-order valence-corrected chi connectivity index (χ4v) is 4.24. The quantitative estimate of drug-likeness (QED) is 0.507. The number of carbonyl (C=O) groups excluding carboxylic acids is 1. The molecule has 1 aliphatic rings. The van der Waals surface area contributed by atoms with Crippen molar-refractivity contribution >= 4 is 17.1 Å². The van der Waals surface area contributed by atoms with Crippen molar-refractivity contribution in [2.24, 2.45) is 0 Å². The number of hydrogen-bond acceptors (Lipinski definition) is 6. The summed E-state index contributed by atoms with van der Waals surface area (Å²) < 4.78 is 6.82. The van der Waals surface area contributed by atoms with Gasteiger partial charge in [-0.05, 0) is 42.7 Å². The molecule has 33 heavy (non-hydrogen) atoms. The molecule has 1 unspecified atom stereocenters. The number of piperidine rings is 1. The molecule has 0 saturated carbocycles. The van der Waals surface area contributed by atoms with E-state index >= 15 is 0 Å². The molecule has 2 aromatic carbocycles. The number of aromatic amines is 1. The fraction of sp³-hybridized carbons (Fsp3) is 0.292. The summed E-state index contributed by atoms with van der Waals surface area (Å²) in [5.41, 5.74) is 2.01. The number of hydrogen-bond donors (Lipinski definition) is 1. The summed E-state index contributed by atoms with van der Waals surface area (Å²) in [4.78, 5) is 35.2. The van der Waals surface area contributed by atoms with E-state index in [1.165, 1.54) is 0 Å². The average molecular weight is 444 g/mol. The summed E-state index contributed by atoms with van der Waals surface area (Å²) >= 11 is 0. The molecular formula is C24H24N6O3. The molecule has 3 heterocycles. The van der Waals surface area contributed by atoms with E-state index in [4.69, 9.17) is 9.72 Å². The molecule has 1 atom stereocenters. The van der Waals surface area contributed by atoms with E-state index in [-0.39, 0.29) is 22.9 Å². The van der Waals surface area contributed by atoms with Crippen molar-refractivity contribution in [2.75, 3.05) is 20.2 Å². The second kappa shape index (κ2) is 8.85. The third-order valence-electron chi connectivity index (χ3n) is 6.00. The van der Waals surface area contributed by atoms with Crippen LogP contribution >= 0.6 is 0 Å². The van der Waals surface area contributed by atoms with Crippen LogP contribution in [0.15, 0.2) is 59.4 Å². The lowest BCUT2D eigenvalue weighted by atomic mass is 9.96. The first kappa shape index (κ1) is 20.9. The number of H-pyrrole nitrogens is 1. The summed E-state index contributed by atoms with van der Waals surface area (Å²) in [7, 11) is 1.60. The lowest BCUT2D eigenvalue weighted by Gasteiger charge is -2.32. The molecule has 1 fully saturated rings. The Balaban J connectivity index is 1.40. The Kier molecular flexibility index (Phi) is 5.60. The third kappa shape index (κ3) is 4.21. The standard InChI is InChI=1S/C24H24N6O3/c1-33-19-11-9-17(10-12-19)24(32)29-13-5-8-18(15-29)21-25-22-20(23(31)26-21)27-28-30(22)14-16-6-3-2-4-7-16/h2-4,6-7,9-12,18H,5,8,13-15H2,1H3,(H,25,26,31). The molecule has 9 nitrogen and oxygen atoms in total. The number of methoxy groups -OCH3 is 1. The zero-order valence-electron chi connectivity index (χ0n) is 18.3. The second-order valence-electron chi connectivity index (χ2n) is 8.17. The first-order valence-electron chi connectivity index (χ1n) is 10.9. The van der Waals surface area contributed by atoms with Crippen LogP contribution in [0.1, 0.15) is 40.5 Å². The molecule has 0 spiro atoms. The van der Waals surface area contributed by atoms with Gasteiger partial charge in [0.05, 0.1) is 13.7 Å². The zero-order chi connectivity index (χ0) is 22.8. The maximum absolute atomic E-state index is 13.0. The van der Waals surface area contributed by atoms with E-state index in [9.17, 15) is 9.59 Å². The molecule has 1 N–H and O–H groups in total. The number of nitrogens with zero attached hydrogens (tertiary/aromatic N) is 5. The molecule has 0 bridgehead atoms. The first-order valence-corrected chi connectivity index (χ1v) is 10.9. The van der Waals surface area contributed by atoms with Gasteiger partial charge in [0.2, 0.25) is 0 Å². The Morgan fingerprint density at radius 2 is 1.94 bits per heavy atom. The largest absolute Gasteiger partial charge is 0.497 e. The van der Waals surface area contributed by atoms with Crippen LogP contribution in [-0.4, -0.2) is 56.0 Å². The Labute approximate surface area is 190 Å². The molecule has 5 rings (SSSR count). The van der Waals surface area contributed by atoms with E-state index in [1.54, 1.807) is 36.1 Å². The second-order valence-corrected chi connectivity index (χ2v) is 8.17. The number of nitrogens with one attached hydrogen (secondary N) is 1. The van der Waals surface area contributed by atoms with Crippen molar-refractivity contribution in [1.29, 1.82) is 0 Å². The van der Waals surface area contributed by atoms with Gasteiger partial charge in [0.25, 0.3) is 11.5 Å². The van der Waals surface area contributed by atoms with Gasteiger partial charge in [-0.15, -0.1) is 5.10 Å². The van der Waals surface area contributed by atoms with Crippen LogP contribution in [0.2, 0.25) is 0 Å². The van der Waals surface area contributed by atoms with Crippen LogP contribution in [-0.2, 0) is 6.54 Å². The average Bonchev–Trinajstić information content (AvgIpc) is 3.27. The minimum Gasteiger partial charge on any atom is -0.497 e. The van der Waals surface area contributed by atoms with Crippen molar-refractivity contribution < 1.29 is 9.53 Å². The van der Waals surface area contributed by atoms with Crippen LogP contribution in [0.4, 0.5) is 0 Å². The van der Waals surface area contributed by atoms with Crippen molar-refractivity contribution in [3.8, 4) is 5.75 Å². The lowest BCUT2D eigenvalue weighted by molar-refractivity contribution is 0.0704. The van der Waals surface area contributed by atoms with Crippen LogP contribution < -0.4 is 10.3 Å². The summed E-state index contributed by atoms with van der Waals surface area (Å²) in [6.07, 6.45) is 1.66. The van der Waals surface area contributed by atoms with Gasteiger partial charge in [-0.3, -0.25) is 9.59 Å². The monoisotopic (exact) mass is 444 g/mol. The number of aromatic nitrogens is 5. The van der Waals surface area contributed by atoms with Crippen LogP contribution in [0, 0.1) is 0 Å². The van der Waals surface area contributed by atoms with Crippen molar-refractivity contribution in [2.45, 2.75) is 25.3 Å². The lowest BCUT2D eigenvalue weighted by Crippen LogP contribution is -2.40. The maximum atomic E-state index is 13.0. The van der Waals surface area contributed by atoms with Gasteiger partial charge in [0, 0.05) is 24.6 Å². The topological polar surface area (TPSA) is 106 Å². The van der Waals surface area contributed by atoms with E-state index in [0.29, 0.717) is 42.4 Å². The van der Waals surface area contributed by atoms with E-state index in [0.717, 1.165) is 18.4 Å². The van der Waals surface area contributed by atoms with Crippen LogP contribution in [0.25, 0.3) is 11.2 Å². The summed E-state index contributed by atoms with van der Waals surface area (Å²) in [6.45, 7) is 1.63. The highest BCUT2D eigenvalue weighted by molar-refractivity contribution is 5.94. The Morgan fingerprint density at radius 3 is 2.70 bits per heavy atom. The van der Waals surface area contributed by atoms with Gasteiger partial charge in [-0.1, -0.05) is 35.5 Å². The number of fused-ring (bicyclic) bond motifs is 1. The molecule has 9 heteroatoms. The third-order valence-corrected chi connectivity index (χ3v) is 6.00. The molecular weight excluding hydrogens is 420 g/mol. The molecule has 2 aromatic heterocycles. The van der Waals surface area contributed by atoms with Crippen molar-refractivity contribution in [3.63, 3.8) is 0 Å². The maximum Gasteiger partial charge on any atom is 0.281 e. The number of likely N-dealkylation sites (tertiary alicyclic amines) is 1. The predicted octanol–water partition coefficient (Wildman–Crippen LogP) is 2.59. The Hall–Kier alpha value is -4.01. The highest BCUT2D eigenvalue weighted by Crippen LogP contribution is 2.26. The van der Waals surface area contributed by atoms with Crippen molar-refractivity contribution in [3.05, 3.63) is 81.9 Å². The van der Waals surface area contributed by atoms with Gasteiger partial charge >= 0.3 is 0 Å². The Bertz CT molecular complexity index is 1330. The first-order chi connectivity index (χ1) is 16.1. The minimum absolute atomic E-state index is 0.0402. The summed E-state index contributed by atoms with van der Waals surface area (Å²) in [6, 6.07) is 16.9. The van der Waals surface area contributed by atoms with E-state index < -0.39 is 0 Å². The smallest absolute Gasteiger partial charge is 0.281 e. The molecule has 0 radical (unpaired) electrons. The highest BCUT2D eigenvalue weighted by atomic mass is 16.5. The van der Waals surface area contributed by atoms with Gasteiger partial charge in [-0.25, -0.2) is 9.67 Å². The number of amides is 1. The van der Waals surface area contributed by atoms with Crippen molar-refractivity contribution in [1.82, 2.24) is 29.9 Å². The summed E-state index contributed by atoms with van der Waals surface area (Å²) in [5.74, 6) is 1.16. The fourth-order valence-electron chi connectivity index (χ4n) is 4.24. The molecule has 0 aliphatic carbocycles. The van der Waals surface area contributed by atoms with Gasteiger partial charge in [0.15, 0.2) is 11.2 Å². The van der Waals surface area contributed by atoms with E-state index in [2.05, 4.69) is 15.3 Å². The number of benzene rings is 2.